The topological polar surface area (TPSA) is 62.1 Å². The zero-order valence-electron chi connectivity index (χ0n) is 10.8. The number of nitriles is 1. The van der Waals surface area contributed by atoms with Crippen LogP contribution in [0.2, 0.25) is 0 Å². The highest BCUT2D eigenvalue weighted by molar-refractivity contribution is 5.92. The molecule has 0 aromatic heterocycles. The number of carbonyl (C=O) groups excluding carboxylic acids is 1. The van der Waals surface area contributed by atoms with Gasteiger partial charge in [0, 0.05) is 12.5 Å². The third-order valence-electron chi connectivity index (χ3n) is 3.02. The number of nitrogens with zero attached hydrogens (tertiary/aromatic N) is 1. The highest BCUT2D eigenvalue weighted by Crippen LogP contribution is 2.26. The Morgan fingerprint density at radius 2 is 2.47 bits per heavy atom. The van der Waals surface area contributed by atoms with Crippen LogP contribution in [0.5, 0.6) is 5.75 Å². The van der Waals surface area contributed by atoms with Gasteiger partial charge < -0.3 is 10.1 Å². The molecule has 4 heteroatoms. The molecule has 1 aliphatic heterocycles. The van der Waals surface area contributed by atoms with E-state index < -0.39 is 6.04 Å². The first kappa shape index (κ1) is 13.2. The van der Waals surface area contributed by atoms with Crippen LogP contribution in [0.3, 0.4) is 0 Å². The highest BCUT2D eigenvalue weighted by Gasteiger charge is 2.11. The number of carbonyl (C=O) groups is 1. The maximum atomic E-state index is 11.6. The predicted molar refractivity (Wildman–Crippen MR) is 72.5 cm³/mol. The summed E-state index contributed by atoms with van der Waals surface area (Å²) >= 11 is 0. The van der Waals surface area contributed by atoms with Crippen molar-refractivity contribution in [2.75, 3.05) is 6.61 Å². The lowest BCUT2D eigenvalue weighted by Crippen LogP contribution is -2.31. The summed E-state index contributed by atoms with van der Waals surface area (Å²) in [6, 6.07) is 7.46. The van der Waals surface area contributed by atoms with Crippen molar-refractivity contribution in [3.8, 4) is 11.8 Å². The Hall–Kier alpha value is -2.28. The van der Waals surface area contributed by atoms with Gasteiger partial charge in [-0.15, -0.1) is 0 Å². The van der Waals surface area contributed by atoms with E-state index in [1.54, 1.807) is 6.08 Å². The number of rotatable bonds is 4. The molecule has 1 heterocycles. The molecule has 0 saturated heterocycles. The third kappa shape index (κ3) is 3.35. The van der Waals surface area contributed by atoms with Gasteiger partial charge in [-0.05, 0) is 35.8 Å². The predicted octanol–water partition coefficient (Wildman–Crippen LogP) is 2.05. The molecule has 1 N–H and O–H groups in total. The largest absolute Gasteiger partial charge is 0.493 e. The van der Waals surface area contributed by atoms with Gasteiger partial charge in [-0.3, -0.25) is 4.79 Å². The monoisotopic (exact) mass is 256 g/mol. The molecule has 1 amide bonds. The van der Waals surface area contributed by atoms with Gasteiger partial charge in [-0.2, -0.15) is 5.26 Å². The highest BCUT2D eigenvalue weighted by atomic mass is 16.5. The molecule has 19 heavy (non-hydrogen) atoms. The Labute approximate surface area is 112 Å². The van der Waals surface area contributed by atoms with E-state index in [0.29, 0.717) is 6.42 Å². The van der Waals surface area contributed by atoms with Crippen LogP contribution in [-0.4, -0.2) is 18.6 Å². The normalized spacial score (nSPS) is 14.5. The van der Waals surface area contributed by atoms with Crippen molar-refractivity contribution in [3.63, 3.8) is 0 Å². The quantitative estimate of drug-likeness (QED) is 0.839. The molecule has 0 spiro atoms. The van der Waals surface area contributed by atoms with Crippen molar-refractivity contribution in [1.82, 2.24) is 5.32 Å². The SMILES string of the molecule is CC[C@@H](C#N)NC(=O)/C=C/c1ccc2c(c1)CCO2. The summed E-state index contributed by atoms with van der Waals surface area (Å²) in [4.78, 5) is 11.6. The van der Waals surface area contributed by atoms with Gasteiger partial charge in [-0.25, -0.2) is 0 Å². The van der Waals surface area contributed by atoms with Crippen LogP contribution in [0, 0.1) is 11.3 Å². The van der Waals surface area contributed by atoms with Gasteiger partial charge in [-0.1, -0.05) is 13.0 Å². The van der Waals surface area contributed by atoms with E-state index in [-0.39, 0.29) is 5.91 Å². The van der Waals surface area contributed by atoms with Crippen molar-refractivity contribution in [1.29, 1.82) is 5.26 Å². The standard InChI is InChI=1S/C15H16N2O2/c1-2-13(10-16)17-15(18)6-4-11-3-5-14-12(9-11)7-8-19-14/h3-6,9,13H,2,7-8H2,1H3,(H,17,18)/b6-4+/t13-/m0/s1. The molecular formula is C15H16N2O2. The molecule has 0 unspecified atom stereocenters. The molecular weight excluding hydrogens is 240 g/mol. The maximum absolute atomic E-state index is 11.6. The van der Waals surface area contributed by atoms with Crippen molar-refractivity contribution < 1.29 is 9.53 Å². The van der Waals surface area contributed by atoms with Gasteiger partial charge in [0.25, 0.3) is 0 Å². The first-order chi connectivity index (χ1) is 9.22. The van der Waals surface area contributed by atoms with E-state index in [1.807, 2.05) is 31.2 Å². The Morgan fingerprint density at radius 1 is 1.63 bits per heavy atom. The van der Waals surface area contributed by atoms with Gasteiger partial charge in [0.15, 0.2) is 0 Å². The molecule has 2 rings (SSSR count). The molecule has 0 radical (unpaired) electrons. The van der Waals surface area contributed by atoms with E-state index in [1.165, 1.54) is 11.6 Å². The molecule has 0 bridgehead atoms. The molecule has 98 valence electrons. The Balaban J connectivity index is 1.99. The molecule has 1 aromatic carbocycles. The smallest absolute Gasteiger partial charge is 0.245 e. The number of hydrogen-bond acceptors (Lipinski definition) is 3. The van der Waals surface area contributed by atoms with Crippen LogP contribution in [0.25, 0.3) is 6.08 Å². The number of hydrogen-bond donors (Lipinski definition) is 1. The number of amides is 1. The number of fused-ring (bicyclic) bond motifs is 1. The van der Waals surface area contributed by atoms with Crippen molar-refractivity contribution >= 4 is 12.0 Å². The second-order valence-electron chi connectivity index (χ2n) is 4.40. The van der Waals surface area contributed by atoms with E-state index in [2.05, 4.69) is 5.32 Å². The maximum Gasteiger partial charge on any atom is 0.245 e. The minimum absolute atomic E-state index is 0.245. The molecule has 1 aromatic rings. The summed E-state index contributed by atoms with van der Waals surface area (Å²) in [7, 11) is 0. The molecule has 0 aliphatic carbocycles. The summed E-state index contributed by atoms with van der Waals surface area (Å²) in [5.74, 6) is 0.683. The van der Waals surface area contributed by atoms with E-state index in [0.717, 1.165) is 24.3 Å². The second kappa shape index (κ2) is 6.05. The zero-order chi connectivity index (χ0) is 13.7. The van der Waals surface area contributed by atoms with Crippen LogP contribution >= 0.6 is 0 Å². The Morgan fingerprint density at radius 3 is 3.21 bits per heavy atom. The third-order valence-corrected chi connectivity index (χ3v) is 3.02. The summed E-state index contributed by atoms with van der Waals surface area (Å²) in [6.07, 6.45) is 4.72. The minimum atomic E-state index is -0.425. The molecule has 1 atom stereocenters. The van der Waals surface area contributed by atoms with Crippen LogP contribution in [-0.2, 0) is 11.2 Å². The first-order valence-corrected chi connectivity index (χ1v) is 6.37. The van der Waals surface area contributed by atoms with Crippen molar-refractivity contribution in [3.05, 3.63) is 35.4 Å². The van der Waals surface area contributed by atoms with Gasteiger partial charge in [0.1, 0.15) is 11.8 Å². The zero-order valence-corrected chi connectivity index (χ0v) is 10.8. The van der Waals surface area contributed by atoms with Gasteiger partial charge >= 0.3 is 0 Å². The van der Waals surface area contributed by atoms with Crippen LogP contribution in [0.15, 0.2) is 24.3 Å². The first-order valence-electron chi connectivity index (χ1n) is 6.37. The fourth-order valence-corrected chi connectivity index (χ4v) is 1.93. The molecule has 0 saturated carbocycles. The Kier molecular flexibility index (Phi) is 4.19. The summed E-state index contributed by atoms with van der Waals surface area (Å²) in [5, 5.41) is 11.4. The van der Waals surface area contributed by atoms with Crippen LogP contribution in [0.4, 0.5) is 0 Å². The van der Waals surface area contributed by atoms with Gasteiger partial charge in [0.2, 0.25) is 5.91 Å². The number of nitrogens with one attached hydrogen (secondary N) is 1. The van der Waals surface area contributed by atoms with Crippen LogP contribution < -0.4 is 10.1 Å². The lowest BCUT2D eigenvalue weighted by atomic mass is 10.1. The lowest BCUT2D eigenvalue weighted by Gasteiger charge is -2.05. The molecule has 4 nitrogen and oxygen atoms in total. The fourth-order valence-electron chi connectivity index (χ4n) is 1.93. The average Bonchev–Trinajstić information content (AvgIpc) is 2.89. The minimum Gasteiger partial charge on any atom is -0.493 e. The summed E-state index contributed by atoms with van der Waals surface area (Å²) < 4.78 is 5.42. The fraction of sp³-hybridized carbons (Fsp3) is 0.333. The van der Waals surface area contributed by atoms with E-state index in [4.69, 9.17) is 10.00 Å². The number of ether oxygens (including phenoxy) is 1. The van der Waals surface area contributed by atoms with Crippen molar-refractivity contribution in [2.45, 2.75) is 25.8 Å². The summed E-state index contributed by atoms with van der Waals surface area (Å²) in [5.41, 5.74) is 2.13. The van der Waals surface area contributed by atoms with E-state index in [9.17, 15) is 4.79 Å². The van der Waals surface area contributed by atoms with Gasteiger partial charge in [0.05, 0.1) is 12.7 Å². The van der Waals surface area contributed by atoms with Crippen molar-refractivity contribution in [2.24, 2.45) is 0 Å². The lowest BCUT2D eigenvalue weighted by molar-refractivity contribution is -0.116. The Bertz CT molecular complexity index is 544. The molecule has 1 aliphatic rings. The van der Waals surface area contributed by atoms with Crippen LogP contribution in [0.1, 0.15) is 24.5 Å². The molecule has 0 fully saturated rings. The van der Waals surface area contributed by atoms with E-state index >= 15 is 0 Å². The average molecular weight is 256 g/mol. The summed E-state index contributed by atoms with van der Waals surface area (Å²) in [6.45, 7) is 2.59. The second-order valence-corrected chi connectivity index (χ2v) is 4.40. The number of benzene rings is 1.